The Morgan fingerprint density at radius 1 is 1.04 bits per heavy atom. The topological polar surface area (TPSA) is 136 Å². The number of nitrogens with two attached hydrogens (primary N) is 1. The van der Waals surface area contributed by atoms with Crippen molar-refractivity contribution >= 4 is 40.1 Å². The number of halogens is 1. The minimum Gasteiger partial charge on any atom is -0.497 e. The lowest BCUT2D eigenvalue weighted by atomic mass is 10.0. The van der Waals surface area contributed by atoms with Crippen molar-refractivity contribution in [1.29, 1.82) is 0 Å². The highest BCUT2D eigenvalue weighted by molar-refractivity contribution is 6.13. The van der Waals surface area contributed by atoms with Gasteiger partial charge < -0.3 is 25.3 Å². The van der Waals surface area contributed by atoms with Gasteiger partial charge in [0, 0.05) is 35.4 Å². The molecule has 0 spiro atoms. The molecule has 11 nitrogen and oxygen atoms in total. The lowest BCUT2D eigenvalue weighted by Crippen LogP contribution is -2.47. The van der Waals surface area contributed by atoms with Crippen LogP contribution in [0.3, 0.4) is 0 Å². The lowest BCUT2D eigenvalue weighted by molar-refractivity contribution is -0.150. The van der Waals surface area contributed by atoms with Crippen molar-refractivity contribution in [3.63, 3.8) is 0 Å². The monoisotopic (exact) mass is 615 g/mol. The lowest BCUT2D eigenvalue weighted by Gasteiger charge is -2.32. The zero-order chi connectivity index (χ0) is 32.2. The molecule has 0 saturated carbocycles. The third-order valence-electron chi connectivity index (χ3n) is 7.43. The Morgan fingerprint density at radius 2 is 1.80 bits per heavy atom. The Morgan fingerprint density at radius 3 is 2.49 bits per heavy atom. The standard InChI is InChI=1S/C33H34FN5O6/c1-19(44-33(42)20(2)35)18-38-21(3)30(32(41)39(38)23-8-6-5-7-9-23)31(40)37-22-10-13-29(26(34)16-22)45-28-14-15-36-27-17-24(43-4)11-12-25(27)28/h5-17,19-21,30H,18,35H2,1-4H3,(H,37,40)/t19-,20-,21?,30?/m0/s1. The summed E-state index contributed by atoms with van der Waals surface area (Å²) < 4.78 is 31.8. The van der Waals surface area contributed by atoms with Crippen molar-refractivity contribution in [2.24, 2.45) is 11.7 Å². The van der Waals surface area contributed by atoms with Gasteiger partial charge in [-0.3, -0.25) is 19.4 Å². The first-order chi connectivity index (χ1) is 21.6. The highest BCUT2D eigenvalue weighted by Crippen LogP contribution is 2.35. The highest BCUT2D eigenvalue weighted by Gasteiger charge is 2.49. The average Bonchev–Trinajstić information content (AvgIpc) is 3.26. The molecule has 1 saturated heterocycles. The van der Waals surface area contributed by atoms with Crippen LogP contribution in [0.4, 0.5) is 15.8 Å². The molecule has 0 radical (unpaired) electrons. The van der Waals surface area contributed by atoms with Crippen LogP contribution in [0.15, 0.2) is 79.0 Å². The van der Waals surface area contributed by atoms with E-state index in [0.717, 1.165) is 6.07 Å². The normalized spacial score (nSPS) is 18.0. The predicted molar refractivity (Wildman–Crippen MR) is 166 cm³/mol. The molecule has 5 rings (SSSR count). The van der Waals surface area contributed by atoms with Crippen LogP contribution in [0.25, 0.3) is 10.9 Å². The molecule has 0 bridgehead atoms. The predicted octanol–water partition coefficient (Wildman–Crippen LogP) is 4.66. The molecule has 0 aliphatic carbocycles. The van der Waals surface area contributed by atoms with E-state index in [1.807, 2.05) is 6.07 Å². The van der Waals surface area contributed by atoms with Crippen LogP contribution < -0.4 is 25.5 Å². The fraction of sp³-hybridized carbons (Fsp3) is 0.273. The summed E-state index contributed by atoms with van der Waals surface area (Å²) in [6.45, 7) is 5.07. The number of pyridine rings is 1. The second kappa shape index (κ2) is 13.3. The van der Waals surface area contributed by atoms with Gasteiger partial charge in [-0.15, -0.1) is 0 Å². The number of para-hydroxylation sites is 1. The number of rotatable bonds is 10. The van der Waals surface area contributed by atoms with Gasteiger partial charge in [0.1, 0.15) is 29.6 Å². The van der Waals surface area contributed by atoms with Crippen LogP contribution in [-0.2, 0) is 19.1 Å². The number of fused-ring (bicyclic) bond motifs is 1. The number of nitrogens with one attached hydrogen (secondary N) is 1. The van der Waals surface area contributed by atoms with Crippen molar-refractivity contribution in [2.75, 3.05) is 24.0 Å². The van der Waals surface area contributed by atoms with Gasteiger partial charge in [0.15, 0.2) is 11.6 Å². The Hall–Kier alpha value is -5.07. The van der Waals surface area contributed by atoms with E-state index in [4.69, 9.17) is 19.9 Å². The molecule has 3 N–H and O–H groups in total. The maximum atomic E-state index is 15.2. The van der Waals surface area contributed by atoms with E-state index in [9.17, 15) is 14.4 Å². The molecular formula is C33H34FN5O6. The summed E-state index contributed by atoms with van der Waals surface area (Å²) in [4.78, 5) is 43.7. The van der Waals surface area contributed by atoms with E-state index >= 15 is 4.39 Å². The zero-order valence-electron chi connectivity index (χ0n) is 25.3. The van der Waals surface area contributed by atoms with Crippen molar-refractivity contribution in [1.82, 2.24) is 9.99 Å². The number of hydrogen-bond donors (Lipinski definition) is 2. The van der Waals surface area contributed by atoms with Crippen LogP contribution in [0, 0.1) is 11.7 Å². The number of esters is 1. The Kier molecular flexibility index (Phi) is 9.26. The molecule has 2 unspecified atom stereocenters. The van der Waals surface area contributed by atoms with Gasteiger partial charge >= 0.3 is 5.97 Å². The van der Waals surface area contributed by atoms with Crippen LogP contribution in [-0.4, -0.2) is 59.6 Å². The molecule has 2 heterocycles. The molecule has 1 fully saturated rings. The number of aromatic nitrogens is 1. The van der Waals surface area contributed by atoms with E-state index in [1.165, 1.54) is 24.1 Å². The fourth-order valence-corrected chi connectivity index (χ4v) is 5.17. The van der Waals surface area contributed by atoms with Crippen LogP contribution >= 0.6 is 0 Å². The number of hydrogen-bond acceptors (Lipinski definition) is 9. The summed E-state index contributed by atoms with van der Waals surface area (Å²) in [6, 6.07) is 18.3. The van der Waals surface area contributed by atoms with Gasteiger partial charge in [0.05, 0.1) is 24.9 Å². The van der Waals surface area contributed by atoms with Crippen molar-refractivity contribution in [3.05, 3.63) is 84.8 Å². The molecule has 1 aliphatic rings. The summed E-state index contributed by atoms with van der Waals surface area (Å²) in [6.07, 6.45) is 0.919. The van der Waals surface area contributed by atoms with Crippen molar-refractivity contribution in [2.45, 2.75) is 39.0 Å². The quantitative estimate of drug-likeness (QED) is 0.193. The molecule has 12 heteroatoms. The zero-order valence-corrected chi connectivity index (χ0v) is 25.3. The van der Waals surface area contributed by atoms with E-state index in [2.05, 4.69) is 10.3 Å². The summed E-state index contributed by atoms with van der Waals surface area (Å²) in [7, 11) is 1.56. The fourth-order valence-electron chi connectivity index (χ4n) is 5.17. The van der Waals surface area contributed by atoms with Crippen LogP contribution in [0.5, 0.6) is 17.2 Å². The molecule has 45 heavy (non-hydrogen) atoms. The minimum atomic E-state index is -1.14. The van der Waals surface area contributed by atoms with Gasteiger partial charge in [0.25, 0.3) is 5.91 Å². The van der Waals surface area contributed by atoms with E-state index in [1.54, 1.807) is 80.7 Å². The Labute approximate surface area is 259 Å². The summed E-state index contributed by atoms with van der Waals surface area (Å²) >= 11 is 0. The molecule has 1 aromatic heterocycles. The number of anilines is 2. The van der Waals surface area contributed by atoms with Gasteiger partial charge in [-0.05, 0) is 63.2 Å². The van der Waals surface area contributed by atoms with Crippen molar-refractivity contribution < 1.29 is 33.0 Å². The van der Waals surface area contributed by atoms with Crippen molar-refractivity contribution in [3.8, 4) is 17.2 Å². The summed E-state index contributed by atoms with van der Waals surface area (Å²) in [5, 5.41) is 6.44. The third kappa shape index (κ3) is 6.71. The second-order valence-corrected chi connectivity index (χ2v) is 10.8. The SMILES string of the molecule is COc1ccc2c(Oc3ccc(NC(=O)C4C(=O)N(c5ccccc5)N(C[C@H](C)OC(=O)[C@H](C)N)C4C)cc3F)ccnc2c1. The molecule has 3 aromatic carbocycles. The third-order valence-corrected chi connectivity index (χ3v) is 7.43. The number of carbonyl (C=O) groups excluding carboxylic acids is 3. The highest BCUT2D eigenvalue weighted by atomic mass is 19.1. The Balaban J connectivity index is 1.34. The maximum absolute atomic E-state index is 15.2. The summed E-state index contributed by atoms with van der Waals surface area (Å²) in [5.74, 6) is -2.55. The number of carbonyl (C=O) groups is 3. The van der Waals surface area contributed by atoms with E-state index in [0.29, 0.717) is 28.1 Å². The number of nitrogens with zero attached hydrogens (tertiary/aromatic N) is 3. The van der Waals surface area contributed by atoms with E-state index < -0.39 is 47.7 Å². The molecule has 4 aromatic rings. The second-order valence-electron chi connectivity index (χ2n) is 10.8. The number of methoxy groups -OCH3 is 1. The van der Waals surface area contributed by atoms with Gasteiger partial charge in [0.2, 0.25) is 5.91 Å². The van der Waals surface area contributed by atoms with E-state index in [-0.39, 0.29) is 18.0 Å². The summed E-state index contributed by atoms with van der Waals surface area (Å²) in [5.41, 5.74) is 6.95. The largest absolute Gasteiger partial charge is 0.497 e. The first-order valence-corrected chi connectivity index (χ1v) is 14.4. The number of benzene rings is 3. The first kappa shape index (κ1) is 31.4. The Bertz CT molecular complexity index is 1720. The van der Waals surface area contributed by atoms with Gasteiger partial charge in [-0.1, -0.05) is 18.2 Å². The van der Waals surface area contributed by atoms with Crippen LogP contribution in [0.1, 0.15) is 20.8 Å². The number of amides is 2. The molecule has 1 aliphatic heterocycles. The number of hydrazine groups is 1. The molecule has 2 amide bonds. The van der Waals surface area contributed by atoms with Gasteiger partial charge in [-0.2, -0.15) is 0 Å². The first-order valence-electron chi connectivity index (χ1n) is 14.4. The molecule has 4 atom stereocenters. The minimum absolute atomic E-state index is 0.0570. The molecule has 234 valence electrons. The molecular weight excluding hydrogens is 581 g/mol. The maximum Gasteiger partial charge on any atom is 0.322 e. The van der Waals surface area contributed by atoms with Gasteiger partial charge in [-0.25, -0.2) is 14.4 Å². The average molecular weight is 616 g/mol. The van der Waals surface area contributed by atoms with Crippen LogP contribution in [0.2, 0.25) is 0 Å². The smallest absolute Gasteiger partial charge is 0.322 e. The number of ether oxygens (including phenoxy) is 3.